The second-order valence-electron chi connectivity index (χ2n) is 5.39. The van der Waals surface area contributed by atoms with Crippen LogP contribution < -0.4 is 15.4 Å². The molecule has 3 N–H and O–H groups in total. The Balaban J connectivity index is 2.53. The maximum Gasteiger partial charge on any atom is 0.240 e. The number of rotatable bonds is 7. The first-order chi connectivity index (χ1) is 10.4. The van der Waals surface area contributed by atoms with E-state index in [-0.39, 0.29) is 4.90 Å². The summed E-state index contributed by atoms with van der Waals surface area (Å²) < 4.78 is 25.6. The van der Waals surface area contributed by atoms with E-state index in [2.05, 4.69) is 34.2 Å². The van der Waals surface area contributed by atoms with Crippen LogP contribution in [0, 0.1) is 5.92 Å². The summed E-state index contributed by atoms with van der Waals surface area (Å²) in [6, 6.07) is 6.77. The van der Waals surface area contributed by atoms with Gasteiger partial charge in [-0.2, -0.15) is 0 Å². The first-order valence-electron chi connectivity index (χ1n) is 7.36. The van der Waals surface area contributed by atoms with Crippen LogP contribution in [0.2, 0.25) is 0 Å². The molecule has 0 amide bonds. The van der Waals surface area contributed by atoms with Crippen LogP contribution in [0.4, 0.5) is 0 Å². The topological polar surface area (TPSA) is 82.6 Å². The molecule has 0 unspecified atom stereocenters. The third-order valence-corrected chi connectivity index (χ3v) is 4.63. The first kappa shape index (κ1) is 18.4. The molecule has 1 aromatic carbocycles. The molecule has 0 aliphatic carbocycles. The van der Waals surface area contributed by atoms with Crippen molar-refractivity contribution in [1.29, 1.82) is 0 Å². The average Bonchev–Trinajstić information content (AvgIpc) is 2.50. The van der Waals surface area contributed by atoms with Gasteiger partial charge >= 0.3 is 0 Å². The zero-order chi connectivity index (χ0) is 16.6. The number of hydrogen-bond acceptors (Lipinski definition) is 3. The van der Waals surface area contributed by atoms with Crippen molar-refractivity contribution in [3.63, 3.8) is 0 Å². The SMILES string of the molecule is CN=C(NCCC(C)C)NCc1ccc(S(=O)(=O)NC)cc1. The lowest BCUT2D eigenvalue weighted by Gasteiger charge is -2.13. The van der Waals surface area contributed by atoms with Gasteiger partial charge in [-0.1, -0.05) is 26.0 Å². The summed E-state index contributed by atoms with van der Waals surface area (Å²) in [6.45, 7) is 5.81. The number of benzene rings is 1. The van der Waals surface area contributed by atoms with Gasteiger partial charge in [0.25, 0.3) is 0 Å². The Kier molecular flexibility index (Phi) is 7.34. The van der Waals surface area contributed by atoms with Crippen molar-refractivity contribution in [2.45, 2.75) is 31.7 Å². The highest BCUT2D eigenvalue weighted by atomic mass is 32.2. The number of nitrogens with one attached hydrogen (secondary N) is 3. The fraction of sp³-hybridized carbons (Fsp3) is 0.533. The van der Waals surface area contributed by atoms with E-state index in [1.807, 2.05) is 0 Å². The molecule has 0 aliphatic rings. The Hall–Kier alpha value is -1.60. The molecule has 0 spiro atoms. The van der Waals surface area contributed by atoms with Crippen molar-refractivity contribution < 1.29 is 8.42 Å². The molecule has 0 aliphatic heterocycles. The van der Waals surface area contributed by atoms with Crippen molar-refractivity contribution in [3.05, 3.63) is 29.8 Å². The minimum atomic E-state index is -3.38. The highest BCUT2D eigenvalue weighted by Crippen LogP contribution is 2.09. The lowest BCUT2D eigenvalue weighted by atomic mass is 10.1. The van der Waals surface area contributed by atoms with Gasteiger partial charge in [0.15, 0.2) is 5.96 Å². The Morgan fingerprint density at radius 3 is 2.32 bits per heavy atom. The maximum atomic E-state index is 11.6. The zero-order valence-electron chi connectivity index (χ0n) is 13.7. The van der Waals surface area contributed by atoms with Crippen LogP contribution >= 0.6 is 0 Å². The second-order valence-corrected chi connectivity index (χ2v) is 7.27. The Labute approximate surface area is 133 Å². The Morgan fingerprint density at radius 2 is 1.82 bits per heavy atom. The molecule has 0 saturated carbocycles. The largest absolute Gasteiger partial charge is 0.356 e. The van der Waals surface area contributed by atoms with Gasteiger partial charge < -0.3 is 10.6 Å². The van der Waals surface area contributed by atoms with Crippen molar-refractivity contribution in [1.82, 2.24) is 15.4 Å². The van der Waals surface area contributed by atoms with Crippen molar-refractivity contribution in [3.8, 4) is 0 Å². The van der Waals surface area contributed by atoms with Gasteiger partial charge in [-0.25, -0.2) is 13.1 Å². The molecule has 0 aromatic heterocycles. The molecule has 0 saturated heterocycles. The fourth-order valence-electron chi connectivity index (χ4n) is 1.79. The molecule has 0 radical (unpaired) electrons. The standard InChI is InChI=1S/C15H26N4O2S/c1-12(2)9-10-18-15(16-3)19-11-13-5-7-14(8-6-13)22(20,21)17-4/h5-8,12,17H,9-11H2,1-4H3,(H2,16,18,19). The molecule has 1 aromatic rings. The van der Waals surface area contributed by atoms with Crippen molar-refractivity contribution in [2.24, 2.45) is 10.9 Å². The van der Waals surface area contributed by atoms with Crippen LogP contribution in [0.5, 0.6) is 0 Å². The third kappa shape index (κ3) is 6.03. The normalized spacial score (nSPS) is 12.5. The highest BCUT2D eigenvalue weighted by Gasteiger charge is 2.10. The number of sulfonamides is 1. The van der Waals surface area contributed by atoms with E-state index in [1.54, 1.807) is 31.3 Å². The lowest BCUT2D eigenvalue weighted by molar-refractivity contribution is 0.573. The van der Waals surface area contributed by atoms with E-state index in [1.165, 1.54) is 7.05 Å². The summed E-state index contributed by atoms with van der Waals surface area (Å²) in [5.41, 5.74) is 0.988. The van der Waals surface area contributed by atoms with Crippen molar-refractivity contribution >= 4 is 16.0 Å². The number of hydrogen-bond donors (Lipinski definition) is 3. The van der Waals surface area contributed by atoms with Crippen LogP contribution in [-0.4, -0.2) is 35.0 Å². The zero-order valence-corrected chi connectivity index (χ0v) is 14.5. The fourth-order valence-corrected chi connectivity index (χ4v) is 2.52. The summed E-state index contributed by atoms with van der Waals surface area (Å²) in [6.07, 6.45) is 1.08. The Morgan fingerprint density at radius 1 is 1.18 bits per heavy atom. The maximum absolute atomic E-state index is 11.6. The monoisotopic (exact) mass is 326 g/mol. The predicted molar refractivity (Wildman–Crippen MR) is 90.3 cm³/mol. The quantitative estimate of drug-likeness (QED) is 0.521. The van der Waals surface area contributed by atoms with E-state index in [4.69, 9.17) is 0 Å². The van der Waals surface area contributed by atoms with Gasteiger partial charge in [-0.05, 0) is 37.1 Å². The van der Waals surface area contributed by atoms with Crippen LogP contribution in [0.3, 0.4) is 0 Å². The van der Waals surface area contributed by atoms with Gasteiger partial charge in [-0.3, -0.25) is 4.99 Å². The molecule has 0 heterocycles. The lowest BCUT2D eigenvalue weighted by Crippen LogP contribution is -2.37. The van der Waals surface area contributed by atoms with Gasteiger partial charge in [0.05, 0.1) is 4.90 Å². The average molecular weight is 326 g/mol. The van der Waals surface area contributed by atoms with Crippen LogP contribution in [0.25, 0.3) is 0 Å². The molecule has 0 atom stereocenters. The minimum absolute atomic E-state index is 0.262. The minimum Gasteiger partial charge on any atom is -0.356 e. The second kappa shape index (κ2) is 8.75. The molecular formula is C15H26N4O2S. The van der Waals surface area contributed by atoms with E-state index < -0.39 is 10.0 Å². The van der Waals surface area contributed by atoms with E-state index in [0.29, 0.717) is 12.5 Å². The predicted octanol–water partition coefficient (Wildman–Crippen LogP) is 1.31. The molecule has 6 nitrogen and oxygen atoms in total. The number of aliphatic imine (C=N–C) groups is 1. The summed E-state index contributed by atoms with van der Waals surface area (Å²) in [5, 5.41) is 6.45. The summed E-state index contributed by atoms with van der Waals surface area (Å²) >= 11 is 0. The van der Waals surface area contributed by atoms with Crippen LogP contribution in [0.1, 0.15) is 25.8 Å². The smallest absolute Gasteiger partial charge is 0.240 e. The molecule has 22 heavy (non-hydrogen) atoms. The molecule has 1 rings (SSSR count). The summed E-state index contributed by atoms with van der Waals surface area (Å²) in [4.78, 5) is 4.42. The van der Waals surface area contributed by atoms with Crippen molar-refractivity contribution in [2.75, 3.05) is 20.6 Å². The summed E-state index contributed by atoms with van der Waals surface area (Å²) in [5.74, 6) is 1.39. The van der Waals surface area contributed by atoms with E-state index in [0.717, 1.165) is 24.5 Å². The van der Waals surface area contributed by atoms with E-state index in [9.17, 15) is 8.42 Å². The number of nitrogens with zero attached hydrogens (tertiary/aromatic N) is 1. The third-order valence-electron chi connectivity index (χ3n) is 3.20. The molecule has 0 fully saturated rings. The van der Waals surface area contributed by atoms with Gasteiger partial charge in [-0.15, -0.1) is 0 Å². The highest BCUT2D eigenvalue weighted by molar-refractivity contribution is 7.89. The first-order valence-corrected chi connectivity index (χ1v) is 8.84. The van der Waals surface area contributed by atoms with Crippen LogP contribution in [0.15, 0.2) is 34.2 Å². The van der Waals surface area contributed by atoms with Gasteiger partial charge in [0.1, 0.15) is 0 Å². The van der Waals surface area contributed by atoms with Gasteiger partial charge in [0, 0.05) is 20.1 Å². The summed E-state index contributed by atoms with van der Waals surface area (Å²) in [7, 11) is -0.248. The Bertz CT molecular complexity index is 580. The van der Waals surface area contributed by atoms with Crippen LogP contribution in [-0.2, 0) is 16.6 Å². The molecule has 7 heteroatoms. The number of guanidine groups is 1. The van der Waals surface area contributed by atoms with E-state index >= 15 is 0 Å². The van der Waals surface area contributed by atoms with Gasteiger partial charge in [0.2, 0.25) is 10.0 Å². The molecule has 124 valence electrons. The molecule has 0 bridgehead atoms. The molecular weight excluding hydrogens is 300 g/mol.